The van der Waals surface area contributed by atoms with Crippen molar-refractivity contribution in [1.29, 1.82) is 0 Å². The lowest BCUT2D eigenvalue weighted by atomic mass is 10.1. The van der Waals surface area contributed by atoms with Crippen LogP contribution in [0, 0.1) is 5.82 Å². The summed E-state index contributed by atoms with van der Waals surface area (Å²) in [7, 11) is 1.18. The lowest BCUT2D eigenvalue weighted by molar-refractivity contribution is 0.0601. The van der Waals surface area contributed by atoms with E-state index in [-0.39, 0.29) is 41.8 Å². The summed E-state index contributed by atoms with van der Waals surface area (Å²) in [6, 6.07) is 2.03. The molecule has 0 amide bonds. The molecule has 4 nitrogen and oxygen atoms in total. The maximum absolute atomic E-state index is 12.8. The van der Waals surface area contributed by atoms with E-state index >= 15 is 0 Å². The Bertz CT molecular complexity index is 361. The number of esters is 1. The predicted molar refractivity (Wildman–Crippen MR) is 61.1 cm³/mol. The summed E-state index contributed by atoms with van der Waals surface area (Å²) in [5, 5.41) is 0. The van der Waals surface area contributed by atoms with Crippen molar-refractivity contribution >= 4 is 42.2 Å². The Kier molecular flexibility index (Phi) is 6.84. The van der Waals surface area contributed by atoms with E-state index in [1.165, 1.54) is 7.11 Å². The first-order valence-electron chi connectivity index (χ1n) is 3.49. The van der Waals surface area contributed by atoms with Gasteiger partial charge in [0.1, 0.15) is 5.82 Å². The van der Waals surface area contributed by atoms with E-state index in [2.05, 4.69) is 4.74 Å². The first-order chi connectivity index (χ1) is 6.06. The lowest BCUT2D eigenvalue weighted by Gasteiger charge is -2.05. The number of methoxy groups -OCH3 is 1. The molecule has 0 saturated carbocycles. The number of nitrogen functional groups attached to an aromatic ring is 2. The van der Waals surface area contributed by atoms with Gasteiger partial charge in [0.2, 0.25) is 0 Å². The SMILES string of the molecule is COC(=O)c1cc(F)cc(N)c1N.Cl.Cl. The van der Waals surface area contributed by atoms with Crippen LogP contribution in [0.1, 0.15) is 10.4 Å². The predicted octanol–water partition coefficient (Wildman–Crippen LogP) is 1.62. The third kappa shape index (κ3) is 3.45. The molecule has 0 saturated heterocycles. The molecule has 0 aliphatic heterocycles. The fourth-order valence-corrected chi connectivity index (χ4v) is 0.918. The molecule has 0 bridgehead atoms. The van der Waals surface area contributed by atoms with E-state index in [9.17, 15) is 9.18 Å². The van der Waals surface area contributed by atoms with Crippen LogP contribution in [0.2, 0.25) is 0 Å². The molecule has 0 heterocycles. The van der Waals surface area contributed by atoms with Crippen LogP contribution >= 0.6 is 24.8 Å². The van der Waals surface area contributed by atoms with Gasteiger partial charge < -0.3 is 16.2 Å². The molecule has 4 N–H and O–H groups in total. The average Bonchev–Trinajstić information content (AvgIpc) is 2.10. The van der Waals surface area contributed by atoms with Gasteiger partial charge in [-0.25, -0.2) is 9.18 Å². The Morgan fingerprint density at radius 3 is 2.33 bits per heavy atom. The summed E-state index contributed by atoms with van der Waals surface area (Å²) < 4.78 is 17.1. The standard InChI is InChI=1S/C8H9FN2O2.2ClH/c1-13-8(12)5-2-4(9)3-6(10)7(5)11;;/h2-3H,10-11H2,1H3;2*1H. The molecular weight excluding hydrogens is 246 g/mol. The third-order valence-corrected chi connectivity index (χ3v) is 1.58. The molecule has 86 valence electrons. The van der Waals surface area contributed by atoms with Gasteiger partial charge in [-0.1, -0.05) is 0 Å². The molecule has 1 aromatic carbocycles. The molecule has 0 aliphatic rings. The van der Waals surface area contributed by atoms with Gasteiger partial charge in [-0.3, -0.25) is 0 Å². The number of anilines is 2. The fraction of sp³-hybridized carbons (Fsp3) is 0.125. The van der Waals surface area contributed by atoms with Crippen LogP contribution in [0.5, 0.6) is 0 Å². The monoisotopic (exact) mass is 256 g/mol. The zero-order valence-electron chi connectivity index (χ0n) is 7.82. The molecule has 7 heteroatoms. The molecule has 0 spiro atoms. The van der Waals surface area contributed by atoms with Crippen LogP contribution in [-0.2, 0) is 4.74 Å². The second kappa shape index (κ2) is 6.31. The van der Waals surface area contributed by atoms with Crippen molar-refractivity contribution in [3.63, 3.8) is 0 Å². The summed E-state index contributed by atoms with van der Waals surface area (Å²) in [6.07, 6.45) is 0. The van der Waals surface area contributed by atoms with Crippen molar-refractivity contribution < 1.29 is 13.9 Å². The van der Waals surface area contributed by atoms with Crippen molar-refractivity contribution in [2.24, 2.45) is 0 Å². The van der Waals surface area contributed by atoms with E-state index < -0.39 is 11.8 Å². The van der Waals surface area contributed by atoms with Crippen molar-refractivity contribution in [1.82, 2.24) is 0 Å². The van der Waals surface area contributed by atoms with Crippen molar-refractivity contribution in [3.05, 3.63) is 23.5 Å². The number of ether oxygens (including phenoxy) is 1. The summed E-state index contributed by atoms with van der Waals surface area (Å²) in [4.78, 5) is 11.0. The van der Waals surface area contributed by atoms with Crippen molar-refractivity contribution in [2.75, 3.05) is 18.6 Å². The highest BCUT2D eigenvalue weighted by molar-refractivity contribution is 5.97. The van der Waals surface area contributed by atoms with Crippen LogP contribution in [0.15, 0.2) is 12.1 Å². The highest BCUT2D eigenvalue weighted by Crippen LogP contribution is 2.22. The first kappa shape index (κ1) is 16.2. The van der Waals surface area contributed by atoms with Gasteiger partial charge in [-0.05, 0) is 12.1 Å². The van der Waals surface area contributed by atoms with E-state index in [0.29, 0.717) is 0 Å². The number of carbonyl (C=O) groups is 1. The van der Waals surface area contributed by atoms with Crippen LogP contribution in [0.3, 0.4) is 0 Å². The Balaban J connectivity index is 0. The van der Waals surface area contributed by atoms with E-state index in [1.807, 2.05) is 0 Å². The minimum absolute atomic E-state index is 0. The molecule has 0 aliphatic carbocycles. The van der Waals surface area contributed by atoms with Gasteiger partial charge in [0.25, 0.3) is 0 Å². The van der Waals surface area contributed by atoms with Crippen LogP contribution in [0.4, 0.5) is 15.8 Å². The Morgan fingerprint density at radius 1 is 1.33 bits per heavy atom. The van der Waals surface area contributed by atoms with Crippen LogP contribution < -0.4 is 11.5 Å². The Labute approximate surface area is 98.6 Å². The number of nitrogens with two attached hydrogens (primary N) is 2. The van der Waals surface area contributed by atoms with Gasteiger partial charge in [-0.2, -0.15) is 0 Å². The zero-order chi connectivity index (χ0) is 10.0. The summed E-state index contributed by atoms with van der Waals surface area (Å²) >= 11 is 0. The molecule has 1 aromatic rings. The number of rotatable bonds is 1. The van der Waals surface area contributed by atoms with Gasteiger partial charge in [-0.15, -0.1) is 24.8 Å². The van der Waals surface area contributed by atoms with Crippen molar-refractivity contribution in [3.8, 4) is 0 Å². The maximum Gasteiger partial charge on any atom is 0.340 e. The maximum atomic E-state index is 12.8. The number of carbonyl (C=O) groups excluding carboxylic acids is 1. The minimum atomic E-state index is -0.705. The average molecular weight is 257 g/mol. The molecular formula is C8H11Cl2FN2O2. The molecule has 15 heavy (non-hydrogen) atoms. The highest BCUT2D eigenvalue weighted by atomic mass is 35.5. The van der Waals surface area contributed by atoms with Gasteiger partial charge in [0, 0.05) is 0 Å². The van der Waals surface area contributed by atoms with E-state index in [0.717, 1.165) is 12.1 Å². The quantitative estimate of drug-likeness (QED) is 0.591. The fourth-order valence-electron chi connectivity index (χ4n) is 0.918. The molecule has 0 unspecified atom stereocenters. The molecule has 1 rings (SSSR count). The second-order valence-electron chi connectivity index (χ2n) is 2.45. The van der Waals surface area contributed by atoms with Crippen LogP contribution in [0.25, 0.3) is 0 Å². The lowest BCUT2D eigenvalue weighted by Crippen LogP contribution is -2.08. The molecule has 0 fully saturated rings. The molecule has 0 aromatic heterocycles. The Hall–Kier alpha value is -1.20. The minimum Gasteiger partial charge on any atom is -0.465 e. The smallest absolute Gasteiger partial charge is 0.340 e. The largest absolute Gasteiger partial charge is 0.465 e. The summed E-state index contributed by atoms with van der Waals surface area (Å²) in [5.74, 6) is -1.32. The van der Waals surface area contributed by atoms with Crippen molar-refractivity contribution in [2.45, 2.75) is 0 Å². The zero-order valence-corrected chi connectivity index (χ0v) is 9.45. The van der Waals surface area contributed by atoms with Crippen LogP contribution in [-0.4, -0.2) is 13.1 Å². The number of hydrogen-bond acceptors (Lipinski definition) is 4. The number of benzene rings is 1. The van der Waals surface area contributed by atoms with Gasteiger partial charge in [0.15, 0.2) is 0 Å². The van der Waals surface area contributed by atoms with Gasteiger partial charge >= 0.3 is 5.97 Å². The first-order valence-corrected chi connectivity index (χ1v) is 3.49. The second-order valence-corrected chi connectivity index (χ2v) is 2.45. The number of hydrogen-bond donors (Lipinski definition) is 2. The topological polar surface area (TPSA) is 78.3 Å². The Morgan fingerprint density at radius 2 is 1.87 bits per heavy atom. The molecule has 0 atom stereocenters. The highest BCUT2D eigenvalue weighted by Gasteiger charge is 2.13. The summed E-state index contributed by atoms with van der Waals surface area (Å²) in [6.45, 7) is 0. The van der Waals surface area contributed by atoms with E-state index in [1.54, 1.807) is 0 Å². The number of halogens is 3. The molecule has 0 radical (unpaired) electrons. The van der Waals surface area contributed by atoms with Gasteiger partial charge in [0.05, 0.1) is 24.0 Å². The normalized spacial score (nSPS) is 8.40. The summed E-state index contributed by atoms with van der Waals surface area (Å²) in [5.41, 5.74) is 10.8. The van der Waals surface area contributed by atoms with E-state index in [4.69, 9.17) is 11.5 Å². The third-order valence-electron chi connectivity index (χ3n) is 1.58.